The Morgan fingerprint density at radius 2 is 1.79 bits per heavy atom. The number of ketones is 1. The van der Waals surface area contributed by atoms with Crippen molar-refractivity contribution in [1.29, 1.82) is 0 Å². The van der Waals surface area contributed by atoms with Crippen LogP contribution in [0, 0.1) is 52.3 Å². The molecule has 10 unspecified atom stereocenters. The zero-order valence-electron chi connectivity index (χ0n) is 19.6. The molecule has 0 amide bonds. The first-order chi connectivity index (χ1) is 13.8. The predicted molar refractivity (Wildman–Crippen MR) is 118 cm³/mol. The van der Waals surface area contributed by atoms with Gasteiger partial charge in [0, 0.05) is 11.8 Å². The molecule has 0 aromatic heterocycles. The van der Waals surface area contributed by atoms with Gasteiger partial charge in [-0.25, -0.2) is 0 Å². The normalized spacial score (nSPS) is 51.8. The monoisotopic (exact) mass is 400 g/mol. The lowest BCUT2D eigenvalue weighted by atomic mass is 9.44. The maximum absolute atomic E-state index is 12.3. The summed E-state index contributed by atoms with van der Waals surface area (Å²) >= 11 is 0. The molecule has 0 aromatic carbocycles. The summed E-state index contributed by atoms with van der Waals surface area (Å²) in [4.78, 5) is 12.3. The third kappa shape index (κ3) is 3.01. The van der Waals surface area contributed by atoms with Crippen LogP contribution in [0.3, 0.4) is 0 Å². The van der Waals surface area contributed by atoms with Crippen molar-refractivity contribution < 1.29 is 9.53 Å². The van der Waals surface area contributed by atoms with Crippen LogP contribution in [0.1, 0.15) is 98.8 Å². The molecule has 5 rings (SSSR count). The number of Topliss-reactive ketones (excluding diaryl/α,β-unsaturated/α-hetero) is 1. The number of ether oxygens (including phenoxy) is 1. The molecule has 0 radical (unpaired) electrons. The molecule has 164 valence electrons. The molecule has 0 aromatic rings. The summed E-state index contributed by atoms with van der Waals surface area (Å²) in [6, 6.07) is 0. The van der Waals surface area contributed by atoms with Crippen LogP contribution < -0.4 is 0 Å². The molecule has 5 aliphatic rings. The lowest BCUT2D eigenvalue weighted by Gasteiger charge is -2.59. The maximum Gasteiger partial charge on any atom is 0.164 e. The molecule has 0 N–H and O–H groups in total. The maximum atomic E-state index is 12.3. The number of rotatable bonds is 5. The smallest absolute Gasteiger partial charge is 0.164 e. The summed E-state index contributed by atoms with van der Waals surface area (Å²) in [6.45, 7) is 12.5. The van der Waals surface area contributed by atoms with Gasteiger partial charge >= 0.3 is 0 Å². The fourth-order valence-corrected chi connectivity index (χ4v) is 9.45. The third-order valence-corrected chi connectivity index (χ3v) is 11.0. The summed E-state index contributed by atoms with van der Waals surface area (Å²) in [7, 11) is 0. The second-order valence-corrected chi connectivity index (χ2v) is 12.7. The van der Waals surface area contributed by atoms with Crippen LogP contribution >= 0.6 is 0 Å². The molecule has 1 saturated heterocycles. The van der Waals surface area contributed by atoms with E-state index in [0.29, 0.717) is 17.1 Å². The second-order valence-electron chi connectivity index (χ2n) is 12.7. The Bertz CT molecular complexity index is 655. The van der Waals surface area contributed by atoms with E-state index in [1.165, 1.54) is 57.8 Å². The first-order valence-corrected chi connectivity index (χ1v) is 12.9. The lowest BCUT2D eigenvalue weighted by molar-refractivity contribution is -0.135. The topological polar surface area (TPSA) is 29.6 Å². The zero-order chi connectivity index (χ0) is 20.6. The molecule has 2 nitrogen and oxygen atoms in total. The van der Waals surface area contributed by atoms with E-state index in [0.717, 1.165) is 41.9 Å². The van der Waals surface area contributed by atoms with Crippen molar-refractivity contribution in [2.45, 2.75) is 111 Å². The van der Waals surface area contributed by atoms with Crippen LogP contribution in [0.2, 0.25) is 0 Å². The SMILES string of the molecule is CC(C)CCCC(C)C1CCC2C3CCC4CC(=O)C5OC5C4(C)C3CCC12C. The fourth-order valence-electron chi connectivity index (χ4n) is 9.45. The largest absolute Gasteiger partial charge is 0.361 e. The van der Waals surface area contributed by atoms with E-state index in [1.807, 2.05) is 0 Å². The summed E-state index contributed by atoms with van der Waals surface area (Å²) in [6.07, 6.45) is 13.7. The van der Waals surface area contributed by atoms with Gasteiger partial charge in [-0.15, -0.1) is 0 Å². The van der Waals surface area contributed by atoms with Crippen LogP contribution in [0.15, 0.2) is 0 Å². The Morgan fingerprint density at radius 3 is 2.55 bits per heavy atom. The van der Waals surface area contributed by atoms with Crippen molar-refractivity contribution in [3.8, 4) is 0 Å². The summed E-state index contributed by atoms with van der Waals surface area (Å²) in [5.74, 6) is 6.28. The van der Waals surface area contributed by atoms with Gasteiger partial charge < -0.3 is 4.74 Å². The quantitative estimate of drug-likeness (QED) is 0.483. The number of epoxide rings is 1. The second kappa shape index (κ2) is 7.07. The first-order valence-electron chi connectivity index (χ1n) is 12.9. The van der Waals surface area contributed by atoms with E-state index in [1.54, 1.807) is 0 Å². The van der Waals surface area contributed by atoms with Gasteiger partial charge in [-0.05, 0) is 85.4 Å². The Kier molecular flexibility index (Phi) is 5.01. The highest BCUT2D eigenvalue weighted by atomic mass is 16.6. The van der Waals surface area contributed by atoms with Crippen molar-refractivity contribution in [2.75, 3.05) is 0 Å². The van der Waals surface area contributed by atoms with E-state index in [-0.39, 0.29) is 17.6 Å². The van der Waals surface area contributed by atoms with Gasteiger partial charge in [0.2, 0.25) is 0 Å². The fraction of sp³-hybridized carbons (Fsp3) is 0.963. The summed E-state index contributed by atoms with van der Waals surface area (Å²) in [5.41, 5.74) is 0.847. The average Bonchev–Trinajstić information content (AvgIpc) is 3.40. The van der Waals surface area contributed by atoms with Crippen molar-refractivity contribution in [3.05, 3.63) is 0 Å². The van der Waals surface area contributed by atoms with E-state index in [2.05, 4.69) is 34.6 Å². The molecule has 2 heteroatoms. The molecule has 0 bridgehead atoms. The van der Waals surface area contributed by atoms with E-state index >= 15 is 0 Å². The predicted octanol–water partition coefficient (Wildman–Crippen LogP) is 6.66. The number of carbonyl (C=O) groups is 1. The van der Waals surface area contributed by atoms with Crippen LogP contribution in [0.4, 0.5) is 0 Å². The van der Waals surface area contributed by atoms with Gasteiger partial charge in [-0.3, -0.25) is 4.79 Å². The highest BCUT2D eigenvalue weighted by Gasteiger charge is 2.69. The highest BCUT2D eigenvalue weighted by Crippen LogP contribution is 2.70. The average molecular weight is 401 g/mol. The molecule has 29 heavy (non-hydrogen) atoms. The minimum atomic E-state index is -0.0272. The van der Waals surface area contributed by atoms with E-state index < -0.39 is 0 Å². The summed E-state index contributed by atoms with van der Waals surface area (Å²) < 4.78 is 6.02. The van der Waals surface area contributed by atoms with Crippen LogP contribution in [-0.2, 0) is 9.53 Å². The Morgan fingerprint density at radius 1 is 1.00 bits per heavy atom. The highest BCUT2D eigenvalue weighted by molar-refractivity contribution is 5.87. The standard InChI is InChI=1S/C27H44O2/c1-16(2)7-6-8-17(3)20-11-12-21-19-10-9-18-15-23(28)24-25(29-24)27(18,5)22(19)13-14-26(20,21)4/h16-22,24-25H,6-15H2,1-5H3. The molecular weight excluding hydrogens is 356 g/mol. The van der Waals surface area contributed by atoms with Gasteiger partial charge in [0.15, 0.2) is 5.78 Å². The van der Waals surface area contributed by atoms with Crippen molar-refractivity contribution in [1.82, 2.24) is 0 Å². The molecule has 10 atom stereocenters. The molecule has 4 aliphatic carbocycles. The van der Waals surface area contributed by atoms with Gasteiger partial charge in [0.1, 0.15) is 6.10 Å². The number of carbonyl (C=O) groups excluding carboxylic acids is 1. The molecular formula is C27H44O2. The molecule has 4 saturated carbocycles. The molecule has 1 aliphatic heterocycles. The number of hydrogen-bond donors (Lipinski definition) is 0. The van der Waals surface area contributed by atoms with Crippen molar-refractivity contribution in [3.63, 3.8) is 0 Å². The lowest BCUT2D eigenvalue weighted by Crippen LogP contribution is -2.56. The number of hydrogen-bond acceptors (Lipinski definition) is 2. The Balaban J connectivity index is 1.32. The van der Waals surface area contributed by atoms with Crippen LogP contribution in [0.25, 0.3) is 0 Å². The van der Waals surface area contributed by atoms with Crippen molar-refractivity contribution in [2.24, 2.45) is 52.3 Å². The third-order valence-electron chi connectivity index (χ3n) is 11.0. The van der Waals surface area contributed by atoms with Gasteiger partial charge in [0.25, 0.3) is 0 Å². The Labute approximate surface area is 178 Å². The minimum absolute atomic E-state index is 0.0272. The molecule has 0 spiro atoms. The van der Waals surface area contributed by atoms with E-state index in [4.69, 9.17) is 4.74 Å². The Hall–Kier alpha value is -0.370. The first kappa shape index (κ1) is 20.5. The molecule has 5 fully saturated rings. The van der Waals surface area contributed by atoms with Gasteiger partial charge in [0.05, 0.1) is 6.10 Å². The van der Waals surface area contributed by atoms with Gasteiger partial charge in [-0.2, -0.15) is 0 Å². The van der Waals surface area contributed by atoms with E-state index in [9.17, 15) is 4.79 Å². The van der Waals surface area contributed by atoms with Crippen LogP contribution in [-0.4, -0.2) is 18.0 Å². The van der Waals surface area contributed by atoms with Gasteiger partial charge in [-0.1, -0.05) is 53.9 Å². The minimum Gasteiger partial charge on any atom is -0.361 e. The molecule has 1 heterocycles. The van der Waals surface area contributed by atoms with Crippen molar-refractivity contribution >= 4 is 5.78 Å². The number of fused-ring (bicyclic) bond motifs is 7. The van der Waals surface area contributed by atoms with Crippen LogP contribution in [0.5, 0.6) is 0 Å². The summed E-state index contributed by atoms with van der Waals surface area (Å²) in [5, 5.41) is 0. The zero-order valence-corrected chi connectivity index (χ0v) is 19.6.